The summed E-state index contributed by atoms with van der Waals surface area (Å²) in [7, 11) is 4.28. The van der Waals surface area contributed by atoms with Crippen molar-refractivity contribution < 1.29 is 0 Å². The molecule has 1 radical (unpaired) electrons. The molecule has 0 saturated carbocycles. The molecule has 0 rings (SSSR count). The Kier molecular flexibility index (Phi) is 18.8. The van der Waals surface area contributed by atoms with Gasteiger partial charge in [-0.2, -0.15) is 0 Å². The number of hydrogen-bond acceptors (Lipinski definition) is 1. The van der Waals surface area contributed by atoms with Gasteiger partial charge in [-0.3, -0.25) is 0 Å². The smallest absolute Gasteiger partial charge is 0.000356 e. The predicted octanol–water partition coefficient (Wildman–Crippen LogP) is 7.43. The predicted molar refractivity (Wildman–Crippen MR) is 111 cm³/mol. The summed E-state index contributed by atoms with van der Waals surface area (Å²) in [4.78, 5) is 2.25. The summed E-state index contributed by atoms with van der Waals surface area (Å²) in [5, 5.41) is 0. The third-order valence-electron chi connectivity index (χ3n) is 4.75. The zero-order valence-electron chi connectivity index (χ0n) is 17.2. The largest absolute Gasteiger partial charge is 0.309 e. The Morgan fingerprint density at radius 1 is 0.708 bits per heavy atom. The molecule has 1 unspecified atom stereocenters. The number of rotatable bonds is 18. The van der Waals surface area contributed by atoms with Crippen LogP contribution in [0.2, 0.25) is 0 Å². The summed E-state index contributed by atoms with van der Waals surface area (Å²) in [6.07, 6.45) is 25.5. The summed E-state index contributed by atoms with van der Waals surface area (Å²) in [6, 6.07) is 0. The van der Waals surface area contributed by atoms with E-state index in [-0.39, 0.29) is 0 Å². The Hall–Kier alpha value is -0.300. The van der Waals surface area contributed by atoms with Crippen molar-refractivity contribution in [2.75, 3.05) is 20.6 Å². The highest BCUT2D eigenvalue weighted by Crippen LogP contribution is 2.13. The van der Waals surface area contributed by atoms with Crippen LogP contribution in [0.5, 0.6) is 0 Å². The molecule has 0 saturated heterocycles. The number of hydrogen-bond donors (Lipinski definition) is 0. The first-order valence-electron chi connectivity index (χ1n) is 10.8. The normalized spacial score (nSPS) is 13.2. The topological polar surface area (TPSA) is 3.24 Å². The zero-order valence-corrected chi connectivity index (χ0v) is 17.2. The van der Waals surface area contributed by atoms with Crippen LogP contribution in [0.4, 0.5) is 0 Å². The van der Waals surface area contributed by atoms with E-state index in [1.807, 2.05) is 0 Å². The van der Waals surface area contributed by atoms with Crippen LogP contribution in [0.1, 0.15) is 103 Å². The minimum Gasteiger partial charge on any atom is -0.309 e. The minimum absolute atomic E-state index is 0.608. The molecular formula is C23H46N. The van der Waals surface area contributed by atoms with Crippen molar-refractivity contribution in [2.45, 2.75) is 103 Å². The molecule has 0 spiro atoms. The SMILES string of the molecule is [CH2]C(CCCCCCCC/C=C\CCCCCCCC)CN(C)C. The molecule has 0 fully saturated rings. The number of allylic oxidation sites excluding steroid dienone is 2. The molecule has 0 aliphatic carbocycles. The van der Waals surface area contributed by atoms with Crippen molar-refractivity contribution in [3.05, 3.63) is 19.1 Å². The van der Waals surface area contributed by atoms with Gasteiger partial charge in [0.2, 0.25) is 0 Å². The van der Waals surface area contributed by atoms with Crippen LogP contribution >= 0.6 is 0 Å². The lowest BCUT2D eigenvalue weighted by Crippen LogP contribution is -2.19. The molecule has 0 bridgehead atoms. The van der Waals surface area contributed by atoms with E-state index < -0.39 is 0 Å². The lowest BCUT2D eigenvalue weighted by Gasteiger charge is -2.16. The van der Waals surface area contributed by atoms with Gasteiger partial charge in [0, 0.05) is 6.54 Å². The molecule has 1 heteroatoms. The van der Waals surface area contributed by atoms with Crippen molar-refractivity contribution in [1.29, 1.82) is 0 Å². The highest BCUT2D eigenvalue weighted by Gasteiger charge is 2.02. The number of unbranched alkanes of at least 4 members (excludes halogenated alkanes) is 12. The maximum atomic E-state index is 4.24. The van der Waals surface area contributed by atoms with E-state index in [1.165, 1.54) is 96.3 Å². The molecular weight excluding hydrogens is 290 g/mol. The van der Waals surface area contributed by atoms with E-state index in [9.17, 15) is 0 Å². The van der Waals surface area contributed by atoms with Gasteiger partial charge in [-0.1, -0.05) is 83.3 Å². The highest BCUT2D eigenvalue weighted by molar-refractivity contribution is 4.81. The van der Waals surface area contributed by atoms with Gasteiger partial charge in [0.1, 0.15) is 0 Å². The van der Waals surface area contributed by atoms with Gasteiger partial charge in [0.05, 0.1) is 0 Å². The lowest BCUT2D eigenvalue weighted by molar-refractivity contribution is 0.340. The van der Waals surface area contributed by atoms with Crippen LogP contribution in [0.15, 0.2) is 12.2 Å². The summed E-state index contributed by atoms with van der Waals surface area (Å²) in [6.45, 7) is 7.65. The first-order valence-corrected chi connectivity index (χ1v) is 10.8. The monoisotopic (exact) mass is 336 g/mol. The average Bonchev–Trinajstić information content (AvgIpc) is 2.53. The Morgan fingerprint density at radius 2 is 1.17 bits per heavy atom. The Balaban J connectivity index is 3.15. The van der Waals surface area contributed by atoms with Crippen molar-refractivity contribution in [3.8, 4) is 0 Å². The van der Waals surface area contributed by atoms with Crippen LogP contribution in [-0.4, -0.2) is 25.5 Å². The van der Waals surface area contributed by atoms with Crippen LogP contribution in [0.3, 0.4) is 0 Å². The van der Waals surface area contributed by atoms with E-state index in [1.54, 1.807) is 0 Å². The van der Waals surface area contributed by atoms with Gasteiger partial charge in [0.25, 0.3) is 0 Å². The first-order chi connectivity index (χ1) is 11.7. The molecule has 143 valence electrons. The Morgan fingerprint density at radius 3 is 1.67 bits per heavy atom. The van der Waals surface area contributed by atoms with E-state index in [0.29, 0.717) is 5.92 Å². The summed E-state index contributed by atoms with van der Waals surface area (Å²) in [5.74, 6) is 0.608. The molecule has 0 aromatic heterocycles. The molecule has 24 heavy (non-hydrogen) atoms. The number of nitrogens with zero attached hydrogens (tertiary/aromatic N) is 1. The lowest BCUT2D eigenvalue weighted by atomic mass is 10.0. The van der Waals surface area contributed by atoms with E-state index in [0.717, 1.165) is 6.54 Å². The summed E-state index contributed by atoms with van der Waals surface area (Å²) in [5.41, 5.74) is 0. The first kappa shape index (κ1) is 23.7. The maximum absolute atomic E-state index is 4.24. The average molecular weight is 337 g/mol. The van der Waals surface area contributed by atoms with Crippen molar-refractivity contribution in [2.24, 2.45) is 5.92 Å². The Bertz CT molecular complexity index is 257. The fourth-order valence-electron chi connectivity index (χ4n) is 3.29. The Labute approximate surface area is 154 Å². The van der Waals surface area contributed by atoms with Crippen LogP contribution in [0, 0.1) is 12.8 Å². The van der Waals surface area contributed by atoms with E-state index >= 15 is 0 Å². The molecule has 1 atom stereocenters. The summed E-state index contributed by atoms with van der Waals surface area (Å²) >= 11 is 0. The van der Waals surface area contributed by atoms with Crippen LogP contribution in [-0.2, 0) is 0 Å². The quantitative estimate of drug-likeness (QED) is 0.186. The highest BCUT2D eigenvalue weighted by atomic mass is 15.1. The minimum atomic E-state index is 0.608. The van der Waals surface area contributed by atoms with Gasteiger partial charge in [-0.25, -0.2) is 0 Å². The van der Waals surface area contributed by atoms with Gasteiger partial charge in [-0.15, -0.1) is 0 Å². The molecule has 0 aromatic carbocycles. The molecule has 0 heterocycles. The fourth-order valence-corrected chi connectivity index (χ4v) is 3.29. The second-order valence-electron chi connectivity index (χ2n) is 7.85. The van der Waals surface area contributed by atoms with Gasteiger partial charge < -0.3 is 4.90 Å². The zero-order chi connectivity index (χ0) is 17.9. The fraction of sp³-hybridized carbons (Fsp3) is 0.870. The third-order valence-corrected chi connectivity index (χ3v) is 4.75. The van der Waals surface area contributed by atoms with Crippen molar-refractivity contribution in [1.82, 2.24) is 4.90 Å². The van der Waals surface area contributed by atoms with E-state index in [2.05, 4.69) is 45.0 Å². The maximum Gasteiger partial charge on any atom is 0.000356 e. The third kappa shape index (κ3) is 19.7. The van der Waals surface area contributed by atoms with Crippen molar-refractivity contribution >= 4 is 0 Å². The molecule has 0 amide bonds. The standard InChI is InChI=1S/C23H46N/c1-5-6-7-8-9-10-11-12-13-14-15-16-17-18-19-20-21-23(2)22-24(3)4/h12-13,23H,2,5-11,14-22H2,1,3-4H3/b13-12-. The van der Waals surface area contributed by atoms with Crippen LogP contribution < -0.4 is 0 Å². The summed E-state index contributed by atoms with van der Waals surface area (Å²) < 4.78 is 0. The van der Waals surface area contributed by atoms with Crippen molar-refractivity contribution in [3.63, 3.8) is 0 Å². The van der Waals surface area contributed by atoms with Crippen LogP contribution in [0.25, 0.3) is 0 Å². The second-order valence-corrected chi connectivity index (χ2v) is 7.85. The van der Waals surface area contributed by atoms with Gasteiger partial charge >= 0.3 is 0 Å². The molecule has 0 N–H and O–H groups in total. The van der Waals surface area contributed by atoms with Gasteiger partial charge in [0.15, 0.2) is 0 Å². The second kappa shape index (κ2) is 19.0. The molecule has 0 aliphatic rings. The van der Waals surface area contributed by atoms with E-state index in [4.69, 9.17) is 0 Å². The molecule has 1 nitrogen and oxygen atoms in total. The van der Waals surface area contributed by atoms with Gasteiger partial charge in [-0.05, 0) is 59.0 Å². The molecule has 0 aromatic rings. The molecule has 0 aliphatic heterocycles.